The molecule has 2 heterocycles. The maximum Gasteiger partial charge on any atom is 0.314 e. The Hall–Kier alpha value is -2.44. The standard InChI is InChI=1S/C24H30O6/c1-7-14(2)10-15(3)8-9-17-11-16-12-19(25)23(4)20(18(16)13-29-17)21(22(26)28-6)24(5,27)30-23/h8-14,20-21,27H,7H2,1-6H3/b9-8+,15-10+/t14-,20+,21-,23-,24+/m1/s1. The van der Waals surface area contributed by atoms with Crippen LogP contribution in [0.3, 0.4) is 0 Å². The third-order valence-corrected chi connectivity index (χ3v) is 6.14. The van der Waals surface area contributed by atoms with Gasteiger partial charge in [0.25, 0.3) is 0 Å². The molecule has 0 aromatic heterocycles. The van der Waals surface area contributed by atoms with E-state index in [1.165, 1.54) is 26.4 Å². The fourth-order valence-electron chi connectivity index (χ4n) is 4.40. The Balaban J connectivity index is 1.94. The van der Waals surface area contributed by atoms with Crippen molar-refractivity contribution < 1.29 is 28.9 Å². The summed E-state index contributed by atoms with van der Waals surface area (Å²) in [5, 5.41) is 10.8. The molecule has 0 unspecified atom stereocenters. The van der Waals surface area contributed by atoms with Gasteiger partial charge in [-0.05, 0) is 50.5 Å². The first-order chi connectivity index (χ1) is 14.0. The summed E-state index contributed by atoms with van der Waals surface area (Å²) in [7, 11) is 1.25. The molecule has 3 aliphatic rings. The molecule has 0 spiro atoms. The van der Waals surface area contributed by atoms with Crippen molar-refractivity contribution in [3.63, 3.8) is 0 Å². The summed E-state index contributed by atoms with van der Waals surface area (Å²) in [6.45, 7) is 9.30. The van der Waals surface area contributed by atoms with E-state index in [9.17, 15) is 14.7 Å². The number of hydrogen-bond acceptors (Lipinski definition) is 6. The lowest BCUT2D eigenvalue weighted by molar-refractivity contribution is -0.223. The number of hydrogen-bond donors (Lipinski definition) is 1. The molecule has 0 radical (unpaired) electrons. The van der Waals surface area contributed by atoms with Crippen LogP contribution in [0.4, 0.5) is 0 Å². The minimum atomic E-state index is -1.84. The molecule has 3 rings (SSSR count). The smallest absolute Gasteiger partial charge is 0.314 e. The second-order valence-electron chi connectivity index (χ2n) is 8.57. The lowest BCUT2D eigenvalue weighted by atomic mass is 9.67. The molecule has 2 aliphatic heterocycles. The van der Waals surface area contributed by atoms with Crippen molar-refractivity contribution in [1.82, 2.24) is 0 Å². The summed E-state index contributed by atoms with van der Waals surface area (Å²) in [6.07, 6.45) is 11.9. The first-order valence-electron chi connectivity index (χ1n) is 10.2. The predicted octanol–water partition coefficient (Wildman–Crippen LogP) is 3.74. The van der Waals surface area contributed by atoms with Crippen molar-refractivity contribution in [3.8, 4) is 0 Å². The van der Waals surface area contributed by atoms with Gasteiger partial charge in [0.1, 0.15) is 17.3 Å². The van der Waals surface area contributed by atoms with Crippen molar-refractivity contribution in [2.24, 2.45) is 17.8 Å². The van der Waals surface area contributed by atoms with Crippen molar-refractivity contribution in [3.05, 3.63) is 59.1 Å². The highest BCUT2D eigenvalue weighted by Crippen LogP contribution is 2.54. The molecule has 30 heavy (non-hydrogen) atoms. The summed E-state index contributed by atoms with van der Waals surface area (Å²) in [6, 6.07) is 0. The van der Waals surface area contributed by atoms with E-state index in [-0.39, 0.29) is 5.78 Å². The fraction of sp³-hybridized carbons (Fsp3) is 0.500. The van der Waals surface area contributed by atoms with Gasteiger partial charge in [-0.1, -0.05) is 38.0 Å². The Morgan fingerprint density at radius 1 is 1.37 bits per heavy atom. The van der Waals surface area contributed by atoms with E-state index < -0.39 is 29.2 Å². The number of fused-ring (bicyclic) bond motifs is 3. The van der Waals surface area contributed by atoms with E-state index in [0.717, 1.165) is 12.0 Å². The summed E-state index contributed by atoms with van der Waals surface area (Å²) in [5.41, 5.74) is 1.02. The van der Waals surface area contributed by atoms with Crippen LogP contribution in [0.1, 0.15) is 41.0 Å². The Morgan fingerprint density at radius 2 is 2.07 bits per heavy atom. The number of ketones is 1. The first kappa shape index (κ1) is 22.2. The van der Waals surface area contributed by atoms with Crippen molar-refractivity contribution in [2.45, 2.75) is 52.4 Å². The first-order valence-corrected chi connectivity index (χ1v) is 10.2. The molecule has 5 atom stereocenters. The van der Waals surface area contributed by atoms with E-state index in [1.807, 2.05) is 19.1 Å². The molecule has 0 amide bonds. The number of ether oxygens (including phenoxy) is 3. The Bertz CT molecular complexity index is 901. The number of esters is 1. The lowest BCUT2D eigenvalue weighted by Gasteiger charge is -2.36. The van der Waals surface area contributed by atoms with Gasteiger partial charge in [-0.3, -0.25) is 9.59 Å². The van der Waals surface area contributed by atoms with E-state index >= 15 is 0 Å². The monoisotopic (exact) mass is 414 g/mol. The minimum Gasteiger partial charge on any atom is -0.469 e. The highest BCUT2D eigenvalue weighted by atomic mass is 16.7. The molecule has 1 aliphatic carbocycles. The van der Waals surface area contributed by atoms with Crippen LogP contribution in [0, 0.1) is 17.8 Å². The van der Waals surface area contributed by atoms with Crippen LogP contribution in [-0.4, -0.2) is 35.4 Å². The van der Waals surface area contributed by atoms with E-state index in [2.05, 4.69) is 19.9 Å². The highest BCUT2D eigenvalue weighted by Gasteiger charge is 2.66. The van der Waals surface area contributed by atoms with Crippen LogP contribution in [0.25, 0.3) is 0 Å². The molecule has 0 aromatic carbocycles. The van der Waals surface area contributed by atoms with Gasteiger partial charge in [0, 0.05) is 11.5 Å². The van der Waals surface area contributed by atoms with Gasteiger partial charge in [0.15, 0.2) is 11.6 Å². The largest absolute Gasteiger partial charge is 0.469 e. The zero-order chi connectivity index (χ0) is 22.3. The average Bonchev–Trinajstić information content (AvgIpc) is 2.92. The minimum absolute atomic E-state index is 0.305. The zero-order valence-corrected chi connectivity index (χ0v) is 18.4. The average molecular weight is 414 g/mol. The van der Waals surface area contributed by atoms with Crippen molar-refractivity contribution in [2.75, 3.05) is 7.11 Å². The Labute approximate surface area is 177 Å². The van der Waals surface area contributed by atoms with Crippen LogP contribution in [0.15, 0.2) is 59.1 Å². The maximum absolute atomic E-state index is 12.9. The molecule has 6 heteroatoms. The Morgan fingerprint density at radius 3 is 2.70 bits per heavy atom. The number of aliphatic hydroxyl groups is 1. The topological polar surface area (TPSA) is 82.1 Å². The van der Waals surface area contributed by atoms with Crippen molar-refractivity contribution >= 4 is 11.8 Å². The third-order valence-electron chi connectivity index (χ3n) is 6.14. The molecule has 1 saturated heterocycles. The summed E-state index contributed by atoms with van der Waals surface area (Å²) < 4.78 is 16.4. The van der Waals surface area contributed by atoms with Gasteiger partial charge in [0.05, 0.1) is 13.4 Å². The second kappa shape index (κ2) is 8.00. The fourth-order valence-corrected chi connectivity index (χ4v) is 4.40. The molecule has 0 saturated carbocycles. The molecular formula is C24H30O6. The summed E-state index contributed by atoms with van der Waals surface area (Å²) >= 11 is 0. The second-order valence-corrected chi connectivity index (χ2v) is 8.57. The van der Waals surface area contributed by atoms with E-state index in [4.69, 9.17) is 14.2 Å². The quantitative estimate of drug-likeness (QED) is 0.545. The molecule has 1 N–H and O–H groups in total. The summed E-state index contributed by atoms with van der Waals surface area (Å²) in [4.78, 5) is 25.4. The van der Waals surface area contributed by atoms with Crippen LogP contribution >= 0.6 is 0 Å². The van der Waals surface area contributed by atoms with E-state index in [0.29, 0.717) is 22.8 Å². The lowest BCUT2D eigenvalue weighted by Crippen LogP contribution is -2.46. The zero-order valence-electron chi connectivity index (χ0n) is 18.4. The van der Waals surface area contributed by atoms with E-state index in [1.54, 1.807) is 13.0 Å². The van der Waals surface area contributed by atoms with Gasteiger partial charge in [0.2, 0.25) is 0 Å². The number of allylic oxidation sites excluding steroid dienone is 6. The van der Waals surface area contributed by atoms with Gasteiger partial charge < -0.3 is 19.3 Å². The highest BCUT2D eigenvalue weighted by molar-refractivity contribution is 6.02. The van der Waals surface area contributed by atoms with Crippen molar-refractivity contribution in [1.29, 1.82) is 0 Å². The maximum atomic E-state index is 12.9. The van der Waals surface area contributed by atoms with Gasteiger partial charge in [-0.25, -0.2) is 0 Å². The number of rotatable bonds is 5. The summed E-state index contributed by atoms with van der Waals surface area (Å²) in [5.74, 6) is -3.48. The molecule has 162 valence electrons. The van der Waals surface area contributed by atoms with Crippen LogP contribution in [0.2, 0.25) is 0 Å². The molecule has 1 fully saturated rings. The molecule has 0 aromatic rings. The van der Waals surface area contributed by atoms with Crippen LogP contribution in [-0.2, 0) is 23.8 Å². The SMILES string of the molecule is CC[C@@H](C)/C=C(C)/C=C/C1=CC2=CC(=O)[C@@]3(C)O[C@](C)(O)[C@@H](C(=O)OC)[C@@H]3C2=CO1. The van der Waals surface area contributed by atoms with Gasteiger partial charge in [-0.2, -0.15) is 0 Å². The molecule has 6 nitrogen and oxygen atoms in total. The van der Waals surface area contributed by atoms with Crippen LogP contribution in [0.5, 0.6) is 0 Å². The van der Waals surface area contributed by atoms with Gasteiger partial charge in [-0.15, -0.1) is 0 Å². The Kier molecular flexibility index (Phi) is 5.94. The molecule has 0 bridgehead atoms. The normalized spacial score (nSPS) is 34.4. The third kappa shape index (κ3) is 3.82. The van der Waals surface area contributed by atoms with Gasteiger partial charge >= 0.3 is 5.97 Å². The molecular weight excluding hydrogens is 384 g/mol. The number of carbonyl (C=O) groups excluding carboxylic acids is 2. The predicted molar refractivity (Wildman–Crippen MR) is 112 cm³/mol. The number of carbonyl (C=O) groups is 2. The van der Waals surface area contributed by atoms with Crippen LogP contribution < -0.4 is 0 Å². The number of methoxy groups -OCH3 is 1.